The van der Waals surface area contributed by atoms with Gasteiger partial charge in [0, 0.05) is 10.0 Å². The van der Waals surface area contributed by atoms with E-state index in [1.54, 1.807) is 24.3 Å². The molecule has 1 saturated heterocycles. The second kappa shape index (κ2) is 8.89. The van der Waals surface area contributed by atoms with Crippen LogP contribution in [0.1, 0.15) is 5.56 Å². The molecule has 0 spiro atoms. The van der Waals surface area contributed by atoms with Crippen molar-refractivity contribution in [2.24, 2.45) is 0 Å². The quantitative estimate of drug-likeness (QED) is 0.586. The van der Waals surface area contributed by atoms with Gasteiger partial charge in [-0.05, 0) is 42.1 Å². The summed E-state index contributed by atoms with van der Waals surface area (Å²) in [4.78, 5) is 26.1. The van der Waals surface area contributed by atoms with Crippen molar-refractivity contribution in [2.75, 3.05) is 20.3 Å². The van der Waals surface area contributed by atoms with Crippen LogP contribution in [0.15, 0.2) is 45.8 Å². The molecule has 2 aromatic carbocycles. The van der Waals surface area contributed by atoms with Crippen LogP contribution in [0, 0.1) is 0 Å². The van der Waals surface area contributed by atoms with Gasteiger partial charge in [-0.1, -0.05) is 39.7 Å². The highest BCUT2D eigenvalue weighted by Gasteiger charge is 2.35. The van der Waals surface area contributed by atoms with E-state index in [4.69, 9.17) is 21.1 Å². The van der Waals surface area contributed by atoms with E-state index in [0.717, 1.165) is 16.7 Å². The number of para-hydroxylation sites is 2. The fraction of sp³-hybridized carbons (Fsp3) is 0.158. The van der Waals surface area contributed by atoms with E-state index >= 15 is 0 Å². The van der Waals surface area contributed by atoms with Crippen molar-refractivity contribution in [1.29, 1.82) is 0 Å². The molecule has 1 aliphatic rings. The van der Waals surface area contributed by atoms with Crippen LogP contribution < -0.4 is 9.47 Å². The fourth-order valence-electron chi connectivity index (χ4n) is 2.51. The van der Waals surface area contributed by atoms with Crippen LogP contribution in [0.3, 0.4) is 0 Å². The van der Waals surface area contributed by atoms with Gasteiger partial charge in [-0.2, -0.15) is 0 Å². The monoisotopic (exact) mass is 483 g/mol. The summed E-state index contributed by atoms with van der Waals surface area (Å²) in [6.45, 7) is 0.213. The molecule has 6 nitrogen and oxygen atoms in total. The number of amides is 2. The Labute approximate surface area is 179 Å². The van der Waals surface area contributed by atoms with Crippen LogP contribution >= 0.6 is 39.3 Å². The molecule has 2 aromatic rings. The smallest absolute Gasteiger partial charge is 0.293 e. The average Bonchev–Trinajstić information content (AvgIpc) is 2.93. The largest absolute Gasteiger partial charge is 0.506 e. The molecule has 9 heteroatoms. The Morgan fingerprint density at radius 2 is 1.96 bits per heavy atom. The first-order valence-corrected chi connectivity index (χ1v) is 10.1. The molecule has 0 aromatic heterocycles. The first-order valence-electron chi connectivity index (χ1n) is 8.10. The van der Waals surface area contributed by atoms with Crippen LogP contribution in [0.2, 0.25) is 5.02 Å². The van der Waals surface area contributed by atoms with Gasteiger partial charge in [0.1, 0.15) is 12.4 Å². The minimum Gasteiger partial charge on any atom is -0.506 e. The maximum atomic E-state index is 12.6. The number of hydrogen-bond acceptors (Lipinski definition) is 6. The van der Waals surface area contributed by atoms with Crippen LogP contribution in [0.5, 0.6) is 17.2 Å². The number of benzene rings is 2. The number of imide groups is 1. The Kier molecular flexibility index (Phi) is 6.53. The predicted octanol–water partition coefficient (Wildman–Crippen LogP) is 4.93. The number of nitrogens with zero attached hydrogens (tertiary/aromatic N) is 1. The topological polar surface area (TPSA) is 76.1 Å². The lowest BCUT2D eigenvalue weighted by atomic mass is 10.2. The predicted molar refractivity (Wildman–Crippen MR) is 112 cm³/mol. The number of carbonyl (C=O) groups excluding carboxylic acids is 2. The Balaban J connectivity index is 1.70. The summed E-state index contributed by atoms with van der Waals surface area (Å²) < 4.78 is 11.5. The highest BCUT2D eigenvalue weighted by atomic mass is 79.9. The molecule has 1 aliphatic heterocycles. The lowest BCUT2D eigenvalue weighted by molar-refractivity contribution is -0.123. The molecule has 1 N–H and O–H groups in total. The Morgan fingerprint density at radius 1 is 1.25 bits per heavy atom. The third-order valence-corrected chi connectivity index (χ3v) is 5.51. The number of ether oxygens (including phenoxy) is 2. The minimum absolute atomic E-state index is 0.0886. The zero-order valence-corrected chi connectivity index (χ0v) is 17.8. The lowest BCUT2D eigenvalue weighted by Gasteiger charge is -2.14. The summed E-state index contributed by atoms with van der Waals surface area (Å²) in [6, 6.07) is 10.3. The number of hydrogen-bond donors (Lipinski definition) is 1. The van der Waals surface area contributed by atoms with Crippen molar-refractivity contribution >= 4 is 56.5 Å². The summed E-state index contributed by atoms with van der Waals surface area (Å²) in [5.41, 5.74) is 0.343. The third-order valence-electron chi connectivity index (χ3n) is 3.86. The summed E-state index contributed by atoms with van der Waals surface area (Å²) in [5, 5.41) is 9.81. The second-order valence-electron chi connectivity index (χ2n) is 5.66. The van der Waals surface area contributed by atoms with E-state index < -0.39 is 11.1 Å². The number of phenols is 1. The molecule has 3 rings (SSSR count). The Hall–Kier alpha value is -2.16. The number of aromatic hydroxyl groups is 1. The number of halogens is 2. The highest BCUT2D eigenvalue weighted by Crippen LogP contribution is 2.37. The normalized spacial score (nSPS) is 15.4. The maximum Gasteiger partial charge on any atom is 0.293 e. The van der Waals surface area contributed by atoms with Gasteiger partial charge >= 0.3 is 0 Å². The van der Waals surface area contributed by atoms with Crippen LogP contribution in [-0.2, 0) is 4.79 Å². The molecular formula is C19H15BrClNO5S. The first-order chi connectivity index (χ1) is 13.4. The van der Waals surface area contributed by atoms with Gasteiger partial charge in [0.15, 0.2) is 11.5 Å². The number of rotatable bonds is 6. The molecule has 0 aliphatic carbocycles. The molecule has 2 amide bonds. The van der Waals surface area contributed by atoms with E-state index in [1.165, 1.54) is 19.3 Å². The summed E-state index contributed by atoms with van der Waals surface area (Å²) in [6.07, 6.45) is 1.44. The molecule has 0 atom stereocenters. The van der Waals surface area contributed by atoms with Crippen molar-refractivity contribution in [3.8, 4) is 17.2 Å². The van der Waals surface area contributed by atoms with E-state index in [0.29, 0.717) is 21.5 Å². The minimum atomic E-state index is -0.450. The lowest BCUT2D eigenvalue weighted by Crippen LogP contribution is -2.32. The Bertz CT molecular complexity index is 965. The van der Waals surface area contributed by atoms with Crippen molar-refractivity contribution in [2.45, 2.75) is 0 Å². The van der Waals surface area contributed by atoms with Gasteiger partial charge in [-0.15, -0.1) is 0 Å². The van der Waals surface area contributed by atoms with Gasteiger partial charge in [-0.25, -0.2) is 0 Å². The molecule has 1 heterocycles. The molecule has 0 saturated carbocycles. The molecule has 1 fully saturated rings. The molecule has 28 heavy (non-hydrogen) atoms. The maximum absolute atomic E-state index is 12.6. The van der Waals surface area contributed by atoms with Crippen molar-refractivity contribution in [3.05, 3.63) is 56.4 Å². The average molecular weight is 485 g/mol. The number of carbonyl (C=O) groups is 2. The van der Waals surface area contributed by atoms with Gasteiger partial charge in [0.2, 0.25) is 0 Å². The summed E-state index contributed by atoms with van der Waals surface area (Å²) in [7, 11) is 1.53. The van der Waals surface area contributed by atoms with E-state index in [-0.39, 0.29) is 28.8 Å². The molecule has 0 unspecified atom stereocenters. The summed E-state index contributed by atoms with van der Waals surface area (Å²) >= 11 is 10.0. The van der Waals surface area contributed by atoms with Gasteiger partial charge in [0.05, 0.1) is 23.6 Å². The molecule has 146 valence electrons. The fourth-order valence-corrected chi connectivity index (χ4v) is 4.20. The number of phenolic OH excluding ortho intramolecular Hbond substituents is 1. The van der Waals surface area contributed by atoms with Crippen molar-refractivity contribution in [1.82, 2.24) is 4.90 Å². The van der Waals surface area contributed by atoms with Crippen LogP contribution in [-0.4, -0.2) is 41.4 Å². The summed E-state index contributed by atoms with van der Waals surface area (Å²) in [5.74, 6) is 0.491. The third kappa shape index (κ3) is 4.45. The van der Waals surface area contributed by atoms with Gasteiger partial charge in [0.25, 0.3) is 11.1 Å². The SMILES string of the molecule is COc1ccccc1OCCN1C(=O)S/C(=C\c2cc(Br)cc(Cl)c2O)C1=O. The van der Waals surface area contributed by atoms with E-state index in [2.05, 4.69) is 15.9 Å². The molecule has 0 radical (unpaired) electrons. The van der Waals surface area contributed by atoms with Gasteiger partial charge < -0.3 is 14.6 Å². The molecule has 0 bridgehead atoms. The Morgan fingerprint density at radius 3 is 2.68 bits per heavy atom. The zero-order chi connectivity index (χ0) is 20.3. The molecular weight excluding hydrogens is 470 g/mol. The highest BCUT2D eigenvalue weighted by molar-refractivity contribution is 9.10. The standard InChI is InChI=1S/C19H15BrClNO5S/c1-26-14-4-2-3-5-15(14)27-7-6-22-18(24)16(28-19(22)25)9-11-8-12(20)10-13(21)17(11)23/h2-5,8-10,23H,6-7H2,1H3/b16-9-. The van der Waals surface area contributed by atoms with Gasteiger partial charge in [-0.3, -0.25) is 14.5 Å². The van der Waals surface area contributed by atoms with Crippen LogP contribution in [0.25, 0.3) is 6.08 Å². The van der Waals surface area contributed by atoms with Crippen LogP contribution in [0.4, 0.5) is 4.79 Å². The van der Waals surface area contributed by atoms with E-state index in [1.807, 2.05) is 6.07 Å². The van der Waals surface area contributed by atoms with Crippen molar-refractivity contribution in [3.63, 3.8) is 0 Å². The number of methoxy groups -OCH3 is 1. The number of thioether (sulfide) groups is 1. The second-order valence-corrected chi connectivity index (χ2v) is 7.97. The van der Waals surface area contributed by atoms with Crippen molar-refractivity contribution < 1.29 is 24.2 Å². The first kappa shape index (κ1) is 20.6. The zero-order valence-electron chi connectivity index (χ0n) is 14.6. The van der Waals surface area contributed by atoms with E-state index in [9.17, 15) is 14.7 Å².